The maximum absolute atomic E-state index is 11.8. The molecule has 0 bridgehead atoms. The van der Waals surface area contributed by atoms with E-state index >= 15 is 0 Å². The maximum Gasteiger partial charge on any atom is 0.256 e. The van der Waals surface area contributed by atoms with Crippen molar-refractivity contribution in [1.82, 2.24) is 4.98 Å². The molecule has 1 aromatic rings. The fourth-order valence-corrected chi connectivity index (χ4v) is 2.73. The number of nitrogens with zero attached hydrogens (tertiary/aromatic N) is 1. The molecular formula is C13H16N2O4. The predicted octanol–water partition coefficient (Wildman–Crippen LogP) is 0.181. The number of hydrogen-bond acceptors (Lipinski definition) is 5. The summed E-state index contributed by atoms with van der Waals surface area (Å²) in [6, 6.07) is 3.58. The lowest BCUT2D eigenvalue weighted by Gasteiger charge is -2.29. The maximum atomic E-state index is 11.8. The van der Waals surface area contributed by atoms with E-state index in [0.29, 0.717) is 25.4 Å². The van der Waals surface area contributed by atoms with Crippen molar-refractivity contribution in [3.63, 3.8) is 0 Å². The molecule has 0 aromatic carbocycles. The number of carbonyl (C=O) groups excluding carboxylic acids is 1. The van der Waals surface area contributed by atoms with Gasteiger partial charge in [-0.3, -0.25) is 9.78 Å². The molecule has 0 radical (unpaired) electrons. The summed E-state index contributed by atoms with van der Waals surface area (Å²) in [6.45, 7) is 2.59. The number of carbonyl (C=O) groups is 1. The van der Waals surface area contributed by atoms with Crippen molar-refractivity contribution in [3.05, 3.63) is 24.0 Å². The van der Waals surface area contributed by atoms with Crippen molar-refractivity contribution in [1.29, 1.82) is 0 Å². The molecule has 1 aromatic heterocycles. The lowest BCUT2D eigenvalue weighted by atomic mass is 9.92. The van der Waals surface area contributed by atoms with Gasteiger partial charge in [-0.05, 0) is 19.1 Å². The summed E-state index contributed by atoms with van der Waals surface area (Å²) in [4.78, 5) is 16.0. The minimum Gasteiger partial charge on any atom is -0.482 e. The zero-order valence-electron chi connectivity index (χ0n) is 10.7. The van der Waals surface area contributed by atoms with Crippen LogP contribution in [0.5, 0.6) is 5.75 Å². The molecule has 3 atom stereocenters. The average Bonchev–Trinajstić information content (AvgIpc) is 2.93. The normalized spacial score (nSPS) is 33.1. The van der Waals surface area contributed by atoms with Crippen LogP contribution < -0.4 is 10.5 Å². The molecule has 1 amide bonds. The third-order valence-electron chi connectivity index (χ3n) is 3.74. The molecule has 2 aliphatic rings. The zero-order chi connectivity index (χ0) is 13.5. The third kappa shape index (κ3) is 1.79. The SMILES string of the molecule is Cc1ncccc1O[C@H]1CO[C@@H]2CCO[C@]12C(N)=O. The summed E-state index contributed by atoms with van der Waals surface area (Å²) in [6.07, 6.45) is 1.51. The van der Waals surface area contributed by atoms with E-state index in [9.17, 15) is 4.79 Å². The highest BCUT2D eigenvalue weighted by molar-refractivity contribution is 5.86. The van der Waals surface area contributed by atoms with Crippen LogP contribution in [0.25, 0.3) is 0 Å². The first kappa shape index (κ1) is 12.4. The van der Waals surface area contributed by atoms with Crippen molar-refractivity contribution in [2.75, 3.05) is 13.2 Å². The summed E-state index contributed by atoms with van der Waals surface area (Å²) in [5, 5.41) is 0. The van der Waals surface area contributed by atoms with Crippen molar-refractivity contribution in [3.8, 4) is 5.75 Å². The van der Waals surface area contributed by atoms with E-state index in [1.807, 2.05) is 6.92 Å². The fraction of sp³-hybridized carbons (Fsp3) is 0.538. The molecule has 6 heteroatoms. The monoisotopic (exact) mass is 264 g/mol. The van der Waals surface area contributed by atoms with Crippen LogP contribution in [0.15, 0.2) is 18.3 Å². The van der Waals surface area contributed by atoms with Gasteiger partial charge in [0.25, 0.3) is 5.91 Å². The fourth-order valence-electron chi connectivity index (χ4n) is 2.73. The summed E-state index contributed by atoms with van der Waals surface area (Å²) in [5.74, 6) is 0.0897. The van der Waals surface area contributed by atoms with E-state index in [1.165, 1.54) is 0 Å². The Kier molecular flexibility index (Phi) is 2.91. The number of nitrogens with two attached hydrogens (primary N) is 1. The number of amides is 1. The van der Waals surface area contributed by atoms with Crippen LogP contribution in [0.1, 0.15) is 12.1 Å². The Balaban J connectivity index is 1.89. The van der Waals surface area contributed by atoms with E-state index in [1.54, 1.807) is 18.3 Å². The van der Waals surface area contributed by atoms with Gasteiger partial charge in [0.15, 0.2) is 6.10 Å². The first-order valence-corrected chi connectivity index (χ1v) is 6.28. The molecule has 2 aliphatic heterocycles. The number of ether oxygens (including phenoxy) is 3. The molecule has 0 aliphatic carbocycles. The molecule has 6 nitrogen and oxygen atoms in total. The number of aromatic nitrogens is 1. The topological polar surface area (TPSA) is 83.7 Å². The Bertz CT molecular complexity index is 507. The minimum absolute atomic E-state index is 0.294. The van der Waals surface area contributed by atoms with E-state index in [2.05, 4.69) is 4.98 Å². The molecule has 0 unspecified atom stereocenters. The third-order valence-corrected chi connectivity index (χ3v) is 3.74. The van der Waals surface area contributed by atoms with Gasteiger partial charge in [0.05, 0.1) is 18.9 Å². The molecule has 102 valence electrons. The summed E-state index contributed by atoms with van der Waals surface area (Å²) in [5.41, 5.74) is 5.11. The van der Waals surface area contributed by atoms with Crippen LogP contribution in [0, 0.1) is 6.92 Å². The van der Waals surface area contributed by atoms with E-state index in [0.717, 1.165) is 5.69 Å². The Morgan fingerprint density at radius 3 is 3.21 bits per heavy atom. The van der Waals surface area contributed by atoms with Gasteiger partial charge in [-0.1, -0.05) is 0 Å². The summed E-state index contributed by atoms with van der Waals surface area (Å²) < 4.78 is 17.1. The van der Waals surface area contributed by atoms with Gasteiger partial charge in [0.1, 0.15) is 11.9 Å². The number of rotatable bonds is 3. The van der Waals surface area contributed by atoms with Crippen LogP contribution in [0.2, 0.25) is 0 Å². The highest BCUT2D eigenvalue weighted by Crippen LogP contribution is 2.39. The Labute approximate surface area is 110 Å². The van der Waals surface area contributed by atoms with Gasteiger partial charge in [-0.2, -0.15) is 0 Å². The van der Waals surface area contributed by atoms with E-state index in [-0.39, 0.29) is 6.10 Å². The number of pyridine rings is 1. The second kappa shape index (κ2) is 4.47. The van der Waals surface area contributed by atoms with Crippen molar-refractivity contribution >= 4 is 5.91 Å². The molecular weight excluding hydrogens is 248 g/mol. The van der Waals surface area contributed by atoms with Gasteiger partial charge in [-0.15, -0.1) is 0 Å². The van der Waals surface area contributed by atoms with Crippen molar-refractivity contribution in [2.45, 2.75) is 31.2 Å². The lowest BCUT2D eigenvalue weighted by Crippen LogP contribution is -2.57. The summed E-state index contributed by atoms with van der Waals surface area (Å²) >= 11 is 0. The number of hydrogen-bond donors (Lipinski definition) is 1. The average molecular weight is 264 g/mol. The lowest BCUT2D eigenvalue weighted by molar-refractivity contribution is -0.147. The van der Waals surface area contributed by atoms with E-state index in [4.69, 9.17) is 19.9 Å². The van der Waals surface area contributed by atoms with Gasteiger partial charge >= 0.3 is 0 Å². The highest BCUT2D eigenvalue weighted by Gasteiger charge is 2.62. The molecule has 0 spiro atoms. The molecule has 3 heterocycles. The number of fused-ring (bicyclic) bond motifs is 1. The van der Waals surface area contributed by atoms with E-state index < -0.39 is 17.6 Å². The van der Waals surface area contributed by atoms with Gasteiger partial charge < -0.3 is 19.9 Å². The summed E-state index contributed by atoms with van der Waals surface area (Å²) in [7, 11) is 0. The van der Waals surface area contributed by atoms with Crippen molar-refractivity contribution in [2.24, 2.45) is 5.73 Å². The second-order valence-electron chi connectivity index (χ2n) is 4.81. The molecule has 19 heavy (non-hydrogen) atoms. The van der Waals surface area contributed by atoms with Crippen LogP contribution >= 0.6 is 0 Å². The number of aryl methyl sites for hydroxylation is 1. The Hall–Kier alpha value is -1.66. The number of primary amides is 1. The quantitative estimate of drug-likeness (QED) is 0.842. The largest absolute Gasteiger partial charge is 0.482 e. The first-order valence-electron chi connectivity index (χ1n) is 6.28. The Morgan fingerprint density at radius 2 is 2.47 bits per heavy atom. The molecule has 2 N–H and O–H groups in total. The smallest absolute Gasteiger partial charge is 0.256 e. The van der Waals surface area contributed by atoms with Gasteiger partial charge in [0, 0.05) is 12.6 Å². The Morgan fingerprint density at radius 1 is 1.63 bits per heavy atom. The van der Waals surface area contributed by atoms with Gasteiger partial charge in [-0.25, -0.2) is 0 Å². The standard InChI is InChI=1S/C13H16N2O4/c1-8-9(3-2-5-15-8)19-11-7-17-10-4-6-18-13(10,11)12(14)16/h2-3,5,10-11H,4,6-7H2,1H3,(H2,14,16)/t10-,11+,13+/m1/s1. The predicted molar refractivity (Wildman–Crippen MR) is 65.6 cm³/mol. The van der Waals surface area contributed by atoms with Crippen LogP contribution in [-0.2, 0) is 14.3 Å². The van der Waals surface area contributed by atoms with Crippen LogP contribution in [0.4, 0.5) is 0 Å². The molecule has 2 saturated heterocycles. The highest BCUT2D eigenvalue weighted by atomic mass is 16.6. The molecule has 3 rings (SSSR count). The minimum atomic E-state index is -1.16. The second-order valence-corrected chi connectivity index (χ2v) is 4.81. The molecule has 0 saturated carbocycles. The van der Waals surface area contributed by atoms with Crippen LogP contribution in [-0.4, -0.2) is 41.9 Å². The zero-order valence-corrected chi connectivity index (χ0v) is 10.7. The first-order chi connectivity index (χ1) is 9.14. The van der Waals surface area contributed by atoms with Crippen molar-refractivity contribution < 1.29 is 19.0 Å². The van der Waals surface area contributed by atoms with Gasteiger partial charge in [0.2, 0.25) is 5.60 Å². The van der Waals surface area contributed by atoms with Crippen LogP contribution in [0.3, 0.4) is 0 Å². The molecule has 2 fully saturated rings.